The van der Waals surface area contributed by atoms with E-state index < -0.39 is 0 Å². The minimum atomic E-state index is 0.598. The molecule has 3 aromatic rings. The van der Waals surface area contributed by atoms with Crippen molar-refractivity contribution in [3.05, 3.63) is 75.8 Å². The van der Waals surface area contributed by atoms with Gasteiger partial charge in [0, 0.05) is 50.4 Å². The lowest BCUT2D eigenvalue weighted by Crippen LogP contribution is -2.45. The van der Waals surface area contributed by atoms with E-state index in [4.69, 9.17) is 37.7 Å². The average molecular weight is 472 g/mol. The Balaban J connectivity index is 1.36. The fourth-order valence-electron chi connectivity index (χ4n) is 3.93. The molecule has 0 N–H and O–H groups in total. The van der Waals surface area contributed by atoms with Crippen LogP contribution in [0.1, 0.15) is 11.1 Å². The van der Waals surface area contributed by atoms with Crippen molar-refractivity contribution in [1.29, 1.82) is 0 Å². The molecule has 32 heavy (non-hydrogen) atoms. The van der Waals surface area contributed by atoms with Crippen LogP contribution in [-0.2, 0) is 13.1 Å². The molecule has 7 heteroatoms. The van der Waals surface area contributed by atoms with Gasteiger partial charge in [-0.25, -0.2) is 4.98 Å². The van der Waals surface area contributed by atoms with Crippen molar-refractivity contribution in [2.24, 2.45) is 0 Å². The molecular formula is C25H27Cl2N3O2. The van der Waals surface area contributed by atoms with Gasteiger partial charge in [-0.3, -0.25) is 9.80 Å². The molecule has 2 heterocycles. The second kappa shape index (κ2) is 10.5. The molecule has 1 fully saturated rings. The van der Waals surface area contributed by atoms with Crippen LogP contribution in [0.5, 0.6) is 11.6 Å². The Kier molecular flexibility index (Phi) is 7.53. The van der Waals surface area contributed by atoms with Gasteiger partial charge >= 0.3 is 0 Å². The highest BCUT2D eigenvalue weighted by atomic mass is 35.5. The molecule has 0 saturated carbocycles. The van der Waals surface area contributed by atoms with Crippen molar-refractivity contribution in [3.63, 3.8) is 0 Å². The van der Waals surface area contributed by atoms with Crippen LogP contribution in [0.25, 0.3) is 11.3 Å². The van der Waals surface area contributed by atoms with E-state index in [0.717, 1.165) is 61.8 Å². The van der Waals surface area contributed by atoms with E-state index >= 15 is 0 Å². The molecule has 0 radical (unpaired) electrons. The van der Waals surface area contributed by atoms with Gasteiger partial charge in [-0.15, -0.1) is 0 Å². The van der Waals surface area contributed by atoms with E-state index in [2.05, 4.69) is 21.9 Å². The molecule has 2 aromatic carbocycles. The summed E-state index contributed by atoms with van der Waals surface area (Å²) in [6.45, 7) is 5.68. The monoisotopic (exact) mass is 471 g/mol. The van der Waals surface area contributed by atoms with Gasteiger partial charge in [0.1, 0.15) is 5.75 Å². The zero-order chi connectivity index (χ0) is 22.5. The van der Waals surface area contributed by atoms with Gasteiger partial charge in [-0.05, 0) is 48.0 Å². The zero-order valence-electron chi connectivity index (χ0n) is 18.4. The van der Waals surface area contributed by atoms with Crippen LogP contribution < -0.4 is 9.47 Å². The fourth-order valence-corrected chi connectivity index (χ4v) is 4.25. The zero-order valence-corrected chi connectivity index (χ0v) is 19.9. The van der Waals surface area contributed by atoms with Crippen LogP contribution in [0.2, 0.25) is 10.0 Å². The predicted octanol–water partition coefficient (Wildman–Crippen LogP) is 5.39. The summed E-state index contributed by atoms with van der Waals surface area (Å²) in [5, 5.41) is 1.21. The summed E-state index contributed by atoms with van der Waals surface area (Å²) in [5.41, 5.74) is 4.21. The second-order valence-corrected chi connectivity index (χ2v) is 8.71. The van der Waals surface area contributed by atoms with Gasteiger partial charge in [0.05, 0.1) is 30.0 Å². The summed E-state index contributed by atoms with van der Waals surface area (Å²) in [6, 6.07) is 17.9. The number of ether oxygens (including phenoxy) is 2. The summed E-state index contributed by atoms with van der Waals surface area (Å²) in [6.07, 6.45) is 0. The second-order valence-electron chi connectivity index (χ2n) is 7.89. The Hall–Kier alpha value is -2.31. The van der Waals surface area contributed by atoms with Crippen LogP contribution in [0, 0.1) is 0 Å². The molecule has 1 aromatic heterocycles. The highest BCUT2D eigenvalue weighted by molar-refractivity contribution is 6.42. The summed E-state index contributed by atoms with van der Waals surface area (Å²) in [5.74, 6) is 1.51. The third kappa shape index (κ3) is 5.54. The molecule has 1 aliphatic rings. The van der Waals surface area contributed by atoms with Gasteiger partial charge in [0.25, 0.3) is 0 Å². The predicted molar refractivity (Wildman–Crippen MR) is 130 cm³/mol. The molecule has 0 unspecified atom stereocenters. The molecule has 4 rings (SSSR count). The van der Waals surface area contributed by atoms with Gasteiger partial charge in [0.2, 0.25) is 5.88 Å². The van der Waals surface area contributed by atoms with Crippen molar-refractivity contribution < 1.29 is 9.47 Å². The first kappa shape index (κ1) is 22.9. The number of hydrogen-bond donors (Lipinski definition) is 0. The molecule has 5 nitrogen and oxygen atoms in total. The number of halogens is 2. The Morgan fingerprint density at radius 2 is 1.47 bits per heavy atom. The van der Waals surface area contributed by atoms with Crippen molar-refractivity contribution in [2.75, 3.05) is 40.4 Å². The van der Waals surface area contributed by atoms with Crippen LogP contribution in [-0.4, -0.2) is 55.2 Å². The molecule has 0 spiro atoms. The summed E-state index contributed by atoms with van der Waals surface area (Å²) in [7, 11) is 3.34. The first-order chi connectivity index (χ1) is 15.6. The van der Waals surface area contributed by atoms with E-state index in [-0.39, 0.29) is 0 Å². The summed E-state index contributed by atoms with van der Waals surface area (Å²) < 4.78 is 10.9. The molecule has 0 aliphatic carbocycles. The first-order valence-corrected chi connectivity index (χ1v) is 11.4. The molecular weight excluding hydrogens is 445 g/mol. The van der Waals surface area contributed by atoms with Crippen molar-refractivity contribution in [2.45, 2.75) is 13.1 Å². The van der Waals surface area contributed by atoms with Crippen molar-refractivity contribution in [3.8, 4) is 22.9 Å². The van der Waals surface area contributed by atoms with Gasteiger partial charge < -0.3 is 9.47 Å². The minimum Gasteiger partial charge on any atom is -0.497 e. The van der Waals surface area contributed by atoms with E-state index in [0.29, 0.717) is 15.9 Å². The standard InChI is InChI=1S/C25H27Cl2N3O2/c1-31-21-7-4-19(5-8-21)24-10-6-20(25(28-24)32-2)17-30-13-11-29(12-14-30)16-18-3-9-22(26)23(27)15-18/h3-10,15H,11-14,16-17H2,1-2H3. The third-order valence-electron chi connectivity index (χ3n) is 5.77. The van der Waals surface area contributed by atoms with Crippen molar-refractivity contribution in [1.82, 2.24) is 14.8 Å². The van der Waals surface area contributed by atoms with E-state index in [9.17, 15) is 0 Å². The lowest BCUT2D eigenvalue weighted by Gasteiger charge is -2.35. The van der Waals surface area contributed by atoms with Crippen LogP contribution in [0.4, 0.5) is 0 Å². The first-order valence-electron chi connectivity index (χ1n) is 10.6. The lowest BCUT2D eigenvalue weighted by atomic mass is 10.1. The number of hydrogen-bond acceptors (Lipinski definition) is 5. The molecule has 0 bridgehead atoms. The summed E-state index contributed by atoms with van der Waals surface area (Å²) >= 11 is 12.2. The maximum atomic E-state index is 6.16. The van der Waals surface area contributed by atoms with E-state index in [1.54, 1.807) is 14.2 Å². The smallest absolute Gasteiger partial charge is 0.218 e. The number of aromatic nitrogens is 1. The largest absolute Gasteiger partial charge is 0.497 e. The Bertz CT molecular complexity index is 1050. The van der Waals surface area contributed by atoms with Crippen LogP contribution >= 0.6 is 23.2 Å². The van der Waals surface area contributed by atoms with Crippen molar-refractivity contribution >= 4 is 23.2 Å². The van der Waals surface area contributed by atoms with E-state index in [1.165, 1.54) is 5.56 Å². The number of benzene rings is 2. The average Bonchev–Trinajstić information content (AvgIpc) is 2.83. The Morgan fingerprint density at radius 1 is 0.781 bits per heavy atom. The minimum absolute atomic E-state index is 0.598. The maximum absolute atomic E-state index is 6.16. The number of rotatable bonds is 7. The SMILES string of the molecule is COc1ccc(-c2ccc(CN3CCN(Cc4ccc(Cl)c(Cl)c4)CC3)c(OC)n2)cc1. The Labute approximate surface area is 199 Å². The number of methoxy groups -OCH3 is 2. The Morgan fingerprint density at radius 3 is 2.09 bits per heavy atom. The number of piperazine rings is 1. The molecule has 0 amide bonds. The number of pyridine rings is 1. The highest BCUT2D eigenvalue weighted by Gasteiger charge is 2.19. The number of nitrogens with zero attached hydrogens (tertiary/aromatic N) is 3. The van der Waals surface area contributed by atoms with Crippen LogP contribution in [0.15, 0.2) is 54.6 Å². The van der Waals surface area contributed by atoms with Gasteiger partial charge in [0.15, 0.2) is 0 Å². The van der Waals surface area contributed by atoms with Crippen LogP contribution in [0.3, 0.4) is 0 Å². The topological polar surface area (TPSA) is 37.8 Å². The molecule has 1 aliphatic heterocycles. The molecule has 0 atom stereocenters. The van der Waals surface area contributed by atoms with E-state index in [1.807, 2.05) is 42.5 Å². The quantitative estimate of drug-likeness (QED) is 0.461. The normalized spacial score (nSPS) is 15.0. The fraction of sp³-hybridized carbons (Fsp3) is 0.320. The van der Waals surface area contributed by atoms with Gasteiger partial charge in [-0.1, -0.05) is 35.3 Å². The summed E-state index contributed by atoms with van der Waals surface area (Å²) in [4.78, 5) is 9.63. The lowest BCUT2D eigenvalue weighted by molar-refractivity contribution is 0.121. The maximum Gasteiger partial charge on any atom is 0.218 e. The van der Waals surface area contributed by atoms with Gasteiger partial charge in [-0.2, -0.15) is 0 Å². The molecule has 1 saturated heterocycles. The third-order valence-corrected chi connectivity index (χ3v) is 6.51. The molecule has 168 valence electrons. The highest BCUT2D eigenvalue weighted by Crippen LogP contribution is 2.27.